The molecule has 7 heteroatoms. The van der Waals surface area contributed by atoms with E-state index in [0.717, 1.165) is 0 Å². The van der Waals surface area contributed by atoms with Gasteiger partial charge in [0.25, 0.3) is 5.91 Å². The summed E-state index contributed by atoms with van der Waals surface area (Å²) in [5, 5.41) is 3.14. The molecule has 0 aromatic heterocycles. The molecule has 3 N–H and O–H groups in total. The molecule has 0 fully saturated rings. The molecule has 0 aliphatic carbocycles. The summed E-state index contributed by atoms with van der Waals surface area (Å²) in [6.45, 7) is 4.12. The van der Waals surface area contributed by atoms with Crippen molar-refractivity contribution >= 4 is 23.2 Å². The van der Waals surface area contributed by atoms with Crippen LogP contribution in [0.5, 0.6) is 5.75 Å². The number of carbonyl (C=O) groups excluding carboxylic acids is 1. The van der Waals surface area contributed by atoms with Crippen molar-refractivity contribution in [1.82, 2.24) is 16.2 Å². The average molecular weight is 285 g/mol. The first-order valence-corrected chi connectivity index (χ1v) is 6.19. The van der Waals surface area contributed by atoms with Crippen LogP contribution in [0.1, 0.15) is 13.8 Å². The van der Waals surface area contributed by atoms with Gasteiger partial charge in [-0.2, -0.15) is 0 Å². The van der Waals surface area contributed by atoms with Crippen molar-refractivity contribution < 1.29 is 13.9 Å². The van der Waals surface area contributed by atoms with Crippen LogP contribution < -0.4 is 20.9 Å². The summed E-state index contributed by atoms with van der Waals surface area (Å²) < 4.78 is 18.0. The number of nitrogens with one attached hydrogen (secondary N) is 3. The number of rotatable bonds is 4. The van der Waals surface area contributed by atoms with E-state index in [0.29, 0.717) is 17.4 Å². The normalized spacial score (nSPS) is 11.3. The summed E-state index contributed by atoms with van der Waals surface area (Å²) in [5.41, 5.74) is 4.95. The molecule has 0 saturated carbocycles. The Labute approximate surface area is 116 Å². The van der Waals surface area contributed by atoms with Gasteiger partial charge in [0.05, 0.1) is 0 Å². The fourth-order valence-corrected chi connectivity index (χ4v) is 1.39. The predicted molar refractivity (Wildman–Crippen MR) is 74.0 cm³/mol. The van der Waals surface area contributed by atoms with Crippen LogP contribution in [0.25, 0.3) is 0 Å². The molecule has 0 radical (unpaired) electrons. The standard InChI is InChI=1S/C12H16FN3O2S/c1-3-14-12(19)16-15-11(17)8(2)18-10-6-4-9(13)5-7-10/h4-8H,3H2,1-2H3,(H,15,17)(H2,14,16,19). The van der Waals surface area contributed by atoms with Crippen LogP contribution in [0.15, 0.2) is 24.3 Å². The Balaban J connectivity index is 2.40. The first-order chi connectivity index (χ1) is 9.02. The summed E-state index contributed by atoms with van der Waals surface area (Å²) >= 11 is 4.88. The molecule has 1 rings (SSSR count). The molecule has 0 aliphatic rings. The van der Waals surface area contributed by atoms with E-state index < -0.39 is 6.10 Å². The molecule has 1 amide bonds. The van der Waals surface area contributed by atoms with E-state index in [9.17, 15) is 9.18 Å². The molecule has 1 aromatic carbocycles. The van der Waals surface area contributed by atoms with Crippen molar-refractivity contribution in [2.24, 2.45) is 0 Å². The van der Waals surface area contributed by atoms with Crippen LogP contribution in [-0.2, 0) is 4.79 Å². The molecule has 1 unspecified atom stereocenters. The van der Waals surface area contributed by atoms with Crippen LogP contribution in [0.3, 0.4) is 0 Å². The number of amides is 1. The maximum atomic E-state index is 12.7. The molecule has 0 saturated heterocycles. The largest absolute Gasteiger partial charge is 0.481 e. The van der Waals surface area contributed by atoms with Gasteiger partial charge in [0.1, 0.15) is 11.6 Å². The number of halogens is 1. The molecule has 0 spiro atoms. The Bertz CT molecular complexity index is 439. The summed E-state index contributed by atoms with van der Waals surface area (Å²) in [7, 11) is 0. The number of carbonyl (C=O) groups is 1. The molecule has 0 bridgehead atoms. The minimum Gasteiger partial charge on any atom is -0.481 e. The second-order valence-corrected chi connectivity index (χ2v) is 4.10. The molecular formula is C12H16FN3O2S. The number of hydrazine groups is 1. The Morgan fingerprint density at radius 1 is 1.37 bits per heavy atom. The highest BCUT2D eigenvalue weighted by molar-refractivity contribution is 7.80. The molecule has 0 aliphatic heterocycles. The highest BCUT2D eigenvalue weighted by atomic mass is 32.1. The van der Waals surface area contributed by atoms with Crippen LogP contribution in [0.4, 0.5) is 4.39 Å². The molecule has 1 atom stereocenters. The number of hydrogen-bond donors (Lipinski definition) is 3. The second-order valence-electron chi connectivity index (χ2n) is 3.69. The zero-order valence-corrected chi connectivity index (χ0v) is 11.5. The van der Waals surface area contributed by atoms with Crippen LogP contribution >= 0.6 is 12.2 Å². The number of ether oxygens (including phenoxy) is 1. The number of benzene rings is 1. The van der Waals surface area contributed by atoms with Crippen molar-refractivity contribution in [3.8, 4) is 5.75 Å². The molecule has 5 nitrogen and oxygen atoms in total. The van der Waals surface area contributed by atoms with Gasteiger partial charge in [-0.1, -0.05) is 0 Å². The summed E-state index contributed by atoms with van der Waals surface area (Å²) in [4.78, 5) is 11.7. The van der Waals surface area contributed by atoms with E-state index in [1.165, 1.54) is 24.3 Å². The van der Waals surface area contributed by atoms with Gasteiger partial charge >= 0.3 is 0 Å². The Morgan fingerprint density at radius 2 is 2.00 bits per heavy atom. The van der Waals surface area contributed by atoms with E-state index >= 15 is 0 Å². The van der Waals surface area contributed by atoms with E-state index in [1.54, 1.807) is 6.92 Å². The number of hydrogen-bond acceptors (Lipinski definition) is 3. The Morgan fingerprint density at radius 3 is 2.58 bits per heavy atom. The number of thiocarbonyl (C=S) groups is 1. The topological polar surface area (TPSA) is 62.4 Å². The highest BCUT2D eigenvalue weighted by Crippen LogP contribution is 2.12. The zero-order valence-electron chi connectivity index (χ0n) is 10.7. The summed E-state index contributed by atoms with van der Waals surface area (Å²) in [6.07, 6.45) is -0.734. The lowest BCUT2D eigenvalue weighted by atomic mass is 10.3. The molecular weight excluding hydrogens is 269 g/mol. The Kier molecular flexibility index (Phi) is 6.01. The van der Waals surface area contributed by atoms with Crippen molar-refractivity contribution in [1.29, 1.82) is 0 Å². The Hall–Kier alpha value is -1.89. The van der Waals surface area contributed by atoms with Gasteiger partial charge < -0.3 is 10.1 Å². The maximum Gasteiger partial charge on any atom is 0.279 e. The van der Waals surface area contributed by atoms with Gasteiger partial charge in [-0.25, -0.2) is 4.39 Å². The van der Waals surface area contributed by atoms with Gasteiger partial charge in [0, 0.05) is 6.54 Å². The third-order valence-electron chi connectivity index (χ3n) is 2.13. The lowest BCUT2D eigenvalue weighted by molar-refractivity contribution is -0.127. The predicted octanol–water partition coefficient (Wildman–Crippen LogP) is 1.11. The average Bonchev–Trinajstić information content (AvgIpc) is 2.39. The van der Waals surface area contributed by atoms with E-state index in [1.807, 2.05) is 6.92 Å². The van der Waals surface area contributed by atoms with E-state index in [4.69, 9.17) is 17.0 Å². The maximum absolute atomic E-state index is 12.7. The van der Waals surface area contributed by atoms with Crippen molar-refractivity contribution in [2.45, 2.75) is 20.0 Å². The fraction of sp³-hybridized carbons (Fsp3) is 0.333. The van der Waals surface area contributed by atoms with E-state index in [2.05, 4.69) is 16.2 Å². The third kappa shape index (κ3) is 5.52. The summed E-state index contributed by atoms with van der Waals surface area (Å²) in [5.74, 6) is -0.329. The van der Waals surface area contributed by atoms with E-state index in [-0.39, 0.29) is 11.7 Å². The first kappa shape index (κ1) is 15.2. The third-order valence-corrected chi connectivity index (χ3v) is 2.38. The SMILES string of the molecule is CCNC(=S)NNC(=O)C(C)Oc1ccc(F)cc1. The molecule has 0 heterocycles. The molecule has 1 aromatic rings. The second kappa shape index (κ2) is 7.52. The van der Waals surface area contributed by atoms with Crippen molar-refractivity contribution in [3.63, 3.8) is 0 Å². The zero-order chi connectivity index (χ0) is 14.3. The van der Waals surface area contributed by atoms with Gasteiger partial charge in [0.2, 0.25) is 0 Å². The smallest absolute Gasteiger partial charge is 0.279 e. The molecule has 19 heavy (non-hydrogen) atoms. The van der Waals surface area contributed by atoms with Crippen LogP contribution in [-0.4, -0.2) is 23.7 Å². The van der Waals surface area contributed by atoms with Gasteiger partial charge in [-0.3, -0.25) is 15.6 Å². The van der Waals surface area contributed by atoms with Gasteiger partial charge in [-0.15, -0.1) is 0 Å². The van der Waals surface area contributed by atoms with Crippen LogP contribution in [0.2, 0.25) is 0 Å². The molecule has 104 valence electrons. The summed E-state index contributed by atoms with van der Waals surface area (Å²) in [6, 6.07) is 5.43. The lowest BCUT2D eigenvalue weighted by Crippen LogP contribution is -2.50. The minimum absolute atomic E-state index is 0.324. The first-order valence-electron chi connectivity index (χ1n) is 5.79. The monoisotopic (exact) mass is 285 g/mol. The fourth-order valence-electron chi connectivity index (χ4n) is 1.20. The minimum atomic E-state index is -0.734. The highest BCUT2D eigenvalue weighted by Gasteiger charge is 2.14. The van der Waals surface area contributed by atoms with Gasteiger partial charge in [0.15, 0.2) is 11.2 Å². The lowest BCUT2D eigenvalue weighted by Gasteiger charge is -2.16. The van der Waals surface area contributed by atoms with Crippen LogP contribution in [0, 0.1) is 5.82 Å². The quantitative estimate of drug-likeness (QED) is 0.571. The van der Waals surface area contributed by atoms with Crippen molar-refractivity contribution in [3.05, 3.63) is 30.1 Å². The van der Waals surface area contributed by atoms with Gasteiger partial charge in [-0.05, 0) is 50.3 Å². The van der Waals surface area contributed by atoms with Crippen molar-refractivity contribution in [2.75, 3.05) is 6.54 Å².